The van der Waals surface area contributed by atoms with E-state index in [0.717, 1.165) is 37.8 Å². The van der Waals surface area contributed by atoms with E-state index in [0.29, 0.717) is 18.3 Å². The Hall–Kier alpha value is -2.81. The summed E-state index contributed by atoms with van der Waals surface area (Å²) >= 11 is 0. The van der Waals surface area contributed by atoms with Crippen molar-refractivity contribution in [3.05, 3.63) is 42.1 Å². The van der Waals surface area contributed by atoms with Crippen molar-refractivity contribution in [2.24, 2.45) is 0 Å². The number of benzene rings is 1. The molecule has 0 radical (unpaired) electrons. The van der Waals surface area contributed by atoms with Crippen LogP contribution in [0.15, 0.2) is 34.7 Å². The van der Waals surface area contributed by atoms with Gasteiger partial charge in [0.1, 0.15) is 0 Å². The first-order chi connectivity index (χ1) is 12.7. The molecule has 0 atom stereocenters. The SMILES string of the molecule is CC(C)c1nnc(CN2CCN(c3nnnn3-c3ccccc3)CC2)o1. The van der Waals surface area contributed by atoms with Gasteiger partial charge >= 0.3 is 0 Å². The number of tetrazole rings is 1. The van der Waals surface area contributed by atoms with Gasteiger partial charge in [0.2, 0.25) is 17.7 Å². The van der Waals surface area contributed by atoms with Crippen molar-refractivity contribution in [1.29, 1.82) is 0 Å². The van der Waals surface area contributed by atoms with Gasteiger partial charge in [0.15, 0.2) is 0 Å². The minimum Gasteiger partial charge on any atom is -0.424 e. The summed E-state index contributed by atoms with van der Waals surface area (Å²) in [7, 11) is 0. The average molecular weight is 354 g/mol. The first-order valence-corrected chi connectivity index (χ1v) is 8.84. The van der Waals surface area contributed by atoms with E-state index in [1.54, 1.807) is 4.68 Å². The summed E-state index contributed by atoms with van der Waals surface area (Å²) in [5.41, 5.74) is 0.960. The van der Waals surface area contributed by atoms with E-state index in [9.17, 15) is 0 Å². The number of piperazine rings is 1. The molecule has 0 N–H and O–H groups in total. The lowest BCUT2D eigenvalue weighted by atomic mass is 10.2. The molecular formula is C17H22N8O. The van der Waals surface area contributed by atoms with Crippen LogP contribution in [-0.2, 0) is 6.54 Å². The van der Waals surface area contributed by atoms with Crippen molar-refractivity contribution in [3.63, 3.8) is 0 Å². The van der Waals surface area contributed by atoms with Crippen LogP contribution in [0, 0.1) is 0 Å². The summed E-state index contributed by atoms with van der Waals surface area (Å²) in [5.74, 6) is 2.40. The van der Waals surface area contributed by atoms with Gasteiger partial charge in [-0.05, 0) is 22.6 Å². The van der Waals surface area contributed by atoms with Crippen LogP contribution in [0.5, 0.6) is 0 Å². The van der Waals surface area contributed by atoms with Crippen LogP contribution in [0.2, 0.25) is 0 Å². The molecule has 26 heavy (non-hydrogen) atoms. The van der Waals surface area contributed by atoms with Crippen LogP contribution in [0.1, 0.15) is 31.5 Å². The van der Waals surface area contributed by atoms with Gasteiger partial charge in [0, 0.05) is 32.1 Å². The van der Waals surface area contributed by atoms with Crippen molar-refractivity contribution in [2.45, 2.75) is 26.3 Å². The normalized spacial score (nSPS) is 15.7. The molecule has 136 valence electrons. The molecule has 0 amide bonds. The standard InChI is InChI=1S/C17H22N8O/c1-13(2)16-19-18-15(26-16)12-23-8-10-24(11-9-23)17-20-21-22-25(17)14-6-4-3-5-7-14/h3-7,13H,8-12H2,1-2H3. The van der Waals surface area contributed by atoms with Gasteiger partial charge in [0.05, 0.1) is 12.2 Å². The molecule has 0 spiro atoms. The van der Waals surface area contributed by atoms with E-state index in [-0.39, 0.29) is 5.92 Å². The van der Waals surface area contributed by atoms with Crippen molar-refractivity contribution in [3.8, 4) is 5.69 Å². The van der Waals surface area contributed by atoms with Gasteiger partial charge in [-0.15, -0.1) is 10.2 Å². The van der Waals surface area contributed by atoms with E-state index < -0.39 is 0 Å². The van der Waals surface area contributed by atoms with Gasteiger partial charge in [-0.3, -0.25) is 4.90 Å². The zero-order valence-corrected chi connectivity index (χ0v) is 15.0. The molecule has 0 saturated carbocycles. The van der Waals surface area contributed by atoms with E-state index in [4.69, 9.17) is 4.42 Å². The van der Waals surface area contributed by atoms with Crippen molar-refractivity contribution < 1.29 is 4.42 Å². The lowest BCUT2D eigenvalue weighted by Gasteiger charge is -2.33. The molecule has 1 fully saturated rings. The molecule has 0 bridgehead atoms. The second-order valence-electron chi connectivity index (χ2n) is 6.68. The monoisotopic (exact) mass is 354 g/mol. The average Bonchev–Trinajstić information content (AvgIpc) is 3.33. The van der Waals surface area contributed by atoms with Crippen molar-refractivity contribution >= 4 is 5.95 Å². The predicted molar refractivity (Wildman–Crippen MR) is 95.0 cm³/mol. The second kappa shape index (κ2) is 7.20. The van der Waals surface area contributed by atoms with Crippen LogP contribution in [0.25, 0.3) is 5.69 Å². The maximum Gasteiger partial charge on any atom is 0.250 e. The van der Waals surface area contributed by atoms with E-state index in [2.05, 4.69) is 35.5 Å². The summed E-state index contributed by atoms with van der Waals surface area (Å²) in [4.78, 5) is 4.52. The quantitative estimate of drug-likeness (QED) is 0.681. The molecular weight excluding hydrogens is 332 g/mol. The van der Waals surface area contributed by atoms with Crippen LogP contribution < -0.4 is 4.90 Å². The smallest absolute Gasteiger partial charge is 0.250 e. The molecule has 3 aromatic rings. The maximum atomic E-state index is 5.71. The van der Waals surface area contributed by atoms with Crippen LogP contribution >= 0.6 is 0 Å². The topological polar surface area (TPSA) is 89.0 Å². The van der Waals surface area contributed by atoms with E-state index in [1.807, 2.05) is 44.2 Å². The lowest BCUT2D eigenvalue weighted by molar-refractivity contribution is 0.222. The summed E-state index contributed by atoms with van der Waals surface area (Å²) < 4.78 is 7.49. The third-order valence-corrected chi connectivity index (χ3v) is 4.44. The minimum atomic E-state index is 0.255. The first kappa shape index (κ1) is 16.6. The molecule has 9 heteroatoms. The number of hydrogen-bond acceptors (Lipinski definition) is 8. The predicted octanol–water partition coefficient (Wildman–Crippen LogP) is 1.49. The molecule has 1 aliphatic heterocycles. The Balaban J connectivity index is 1.39. The third-order valence-electron chi connectivity index (χ3n) is 4.44. The molecule has 2 aromatic heterocycles. The second-order valence-corrected chi connectivity index (χ2v) is 6.68. The molecule has 1 aromatic carbocycles. The van der Waals surface area contributed by atoms with Crippen molar-refractivity contribution in [2.75, 3.05) is 31.1 Å². The first-order valence-electron chi connectivity index (χ1n) is 8.84. The third kappa shape index (κ3) is 3.43. The highest BCUT2D eigenvalue weighted by Gasteiger charge is 2.23. The summed E-state index contributed by atoms with van der Waals surface area (Å²) in [6.45, 7) is 8.25. The minimum absolute atomic E-state index is 0.255. The number of rotatable bonds is 5. The summed E-state index contributed by atoms with van der Waals surface area (Å²) in [6.07, 6.45) is 0. The maximum absolute atomic E-state index is 5.71. The Labute approximate surface area is 151 Å². The van der Waals surface area contributed by atoms with E-state index in [1.165, 1.54) is 0 Å². The summed E-state index contributed by atoms with van der Waals surface area (Å²) in [6, 6.07) is 9.94. The highest BCUT2D eigenvalue weighted by Crippen LogP contribution is 2.18. The molecule has 1 aliphatic rings. The Morgan fingerprint density at radius 3 is 2.46 bits per heavy atom. The number of nitrogens with zero attached hydrogens (tertiary/aromatic N) is 8. The molecule has 3 heterocycles. The molecule has 0 aliphatic carbocycles. The van der Waals surface area contributed by atoms with Crippen molar-refractivity contribution in [1.82, 2.24) is 35.3 Å². The number of hydrogen-bond donors (Lipinski definition) is 0. The largest absolute Gasteiger partial charge is 0.424 e. The fourth-order valence-corrected chi connectivity index (χ4v) is 2.98. The Kier molecular flexibility index (Phi) is 4.61. The van der Waals surface area contributed by atoms with Crippen LogP contribution in [0.4, 0.5) is 5.95 Å². The lowest BCUT2D eigenvalue weighted by Crippen LogP contribution is -2.46. The molecule has 0 unspecified atom stereocenters. The zero-order valence-electron chi connectivity index (χ0n) is 15.0. The Morgan fingerprint density at radius 1 is 1.00 bits per heavy atom. The van der Waals surface area contributed by atoms with Gasteiger partial charge in [-0.1, -0.05) is 37.1 Å². The number of anilines is 1. The van der Waals surface area contributed by atoms with E-state index >= 15 is 0 Å². The highest BCUT2D eigenvalue weighted by atomic mass is 16.4. The Morgan fingerprint density at radius 2 is 1.77 bits per heavy atom. The highest BCUT2D eigenvalue weighted by molar-refractivity contribution is 5.40. The number of para-hydroxylation sites is 1. The van der Waals surface area contributed by atoms with Crippen LogP contribution in [0.3, 0.4) is 0 Å². The summed E-state index contributed by atoms with van der Waals surface area (Å²) in [5, 5.41) is 20.4. The number of aromatic nitrogens is 6. The fourth-order valence-electron chi connectivity index (χ4n) is 2.98. The fraction of sp³-hybridized carbons (Fsp3) is 0.471. The van der Waals surface area contributed by atoms with Gasteiger partial charge < -0.3 is 9.32 Å². The molecule has 9 nitrogen and oxygen atoms in total. The van der Waals surface area contributed by atoms with Gasteiger partial charge in [-0.25, -0.2) is 0 Å². The van der Waals surface area contributed by atoms with Gasteiger partial charge in [0.25, 0.3) is 0 Å². The Bertz CT molecular complexity index is 835. The molecule has 1 saturated heterocycles. The zero-order chi connectivity index (χ0) is 17.9. The van der Waals surface area contributed by atoms with Gasteiger partial charge in [-0.2, -0.15) is 4.68 Å². The molecule has 4 rings (SSSR count). The van der Waals surface area contributed by atoms with Crippen LogP contribution in [-0.4, -0.2) is 61.5 Å².